The third-order valence-electron chi connectivity index (χ3n) is 1.78. The Balaban J connectivity index is 2.68. The Bertz CT molecular complexity index is 233. The van der Waals surface area contributed by atoms with E-state index in [0.717, 1.165) is 18.4 Å². The largest absolute Gasteiger partial charge is 0.324 e. The summed E-state index contributed by atoms with van der Waals surface area (Å²) in [5.41, 5.74) is 6.93. The lowest BCUT2D eigenvalue weighted by atomic mass is 10.1. The van der Waals surface area contributed by atoms with Gasteiger partial charge >= 0.3 is 0 Å². The Labute approximate surface area is 77.8 Å². The molecule has 1 aromatic heterocycles. The Morgan fingerprint density at radius 2 is 2.33 bits per heavy atom. The van der Waals surface area contributed by atoms with E-state index in [1.807, 2.05) is 6.07 Å². The van der Waals surface area contributed by atoms with E-state index in [2.05, 4.69) is 11.9 Å². The molecular formula is C9H13ClN2. The minimum atomic E-state index is 0.0970. The number of hydrogen-bond acceptors (Lipinski definition) is 2. The molecule has 2 N–H and O–H groups in total. The SMILES string of the molecule is CCCC(N)c1ccc(Cl)nc1. The van der Waals surface area contributed by atoms with Crippen molar-refractivity contribution in [2.75, 3.05) is 0 Å². The van der Waals surface area contributed by atoms with Crippen molar-refractivity contribution in [1.82, 2.24) is 4.98 Å². The van der Waals surface area contributed by atoms with Gasteiger partial charge in [-0.15, -0.1) is 0 Å². The fourth-order valence-electron chi connectivity index (χ4n) is 1.08. The number of nitrogens with two attached hydrogens (primary N) is 1. The average molecular weight is 185 g/mol. The summed E-state index contributed by atoms with van der Waals surface area (Å²) in [4.78, 5) is 3.97. The van der Waals surface area contributed by atoms with Gasteiger partial charge in [0.1, 0.15) is 5.15 Å². The first kappa shape index (κ1) is 9.49. The zero-order valence-electron chi connectivity index (χ0n) is 7.13. The Morgan fingerprint density at radius 1 is 1.58 bits per heavy atom. The molecule has 0 fully saturated rings. The van der Waals surface area contributed by atoms with Crippen LogP contribution >= 0.6 is 11.6 Å². The lowest BCUT2D eigenvalue weighted by Crippen LogP contribution is -2.09. The smallest absolute Gasteiger partial charge is 0.129 e. The predicted molar refractivity (Wildman–Crippen MR) is 51.1 cm³/mol. The van der Waals surface area contributed by atoms with Crippen LogP contribution < -0.4 is 5.73 Å². The second kappa shape index (κ2) is 4.43. The number of rotatable bonds is 3. The van der Waals surface area contributed by atoms with E-state index in [1.165, 1.54) is 0 Å². The fraction of sp³-hybridized carbons (Fsp3) is 0.444. The molecule has 1 heterocycles. The van der Waals surface area contributed by atoms with Gasteiger partial charge in [-0.1, -0.05) is 31.0 Å². The molecule has 1 aromatic rings. The first-order chi connectivity index (χ1) is 5.74. The maximum atomic E-state index is 5.87. The molecule has 0 saturated carbocycles. The highest BCUT2D eigenvalue weighted by atomic mass is 35.5. The third-order valence-corrected chi connectivity index (χ3v) is 2.00. The molecule has 66 valence electrons. The van der Waals surface area contributed by atoms with Crippen LogP contribution in [0.5, 0.6) is 0 Å². The monoisotopic (exact) mass is 184 g/mol. The number of hydrogen-bond donors (Lipinski definition) is 1. The summed E-state index contributed by atoms with van der Waals surface area (Å²) < 4.78 is 0. The van der Waals surface area contributed by atoms with E-state index in [1.54, 1.807) is 12.3 Å². The second-order valence-corrected chi connectivity index (χ2v) is 3.20. The van der Waals surface area contributed by atoms with Crippen LogP contribution in [0.25, 0.3) is 0 Å². The summed E-state index contributed by atoms with van der Waals surface area (Å²) in [6, 6.07) is 3.79. The lowest BCUT2D eigenvalue weighted by molar-refractivity contribution is 0.636. The van der Waals surface area contributed by atoms with Gasteiger partial charge in [0.05, 0.1) is 0 Å². The van der Waals surface area contributed by atoms with Gasteiger partial charge in [0.2, 0.25) is 0 Å². The molecule has 0 bridgehead atoms. The van der Waals surface area contributed by atoms with Crippen molar-refractivity contribution in [1.29, 1.82) is 0 Å². The molecule has 1 unspecified atom stereocenters. The average Bonchev–Trinajstić information content (AvgIpc) is 2.06. The van der Waals surface area contributed by atoms with Gasteiger partial charge in [-0.3, -0.25) is 0 Å². The molecule has 0 aliphatic carbocycles. The van der Waals surface area contributed by atoms with Gasteiger partial charge in [-0.2, -0.15) is 0 Å². The van der Waals surface area contributed by atoms with Gasteiger partial charge in [-0.25, -0.2) is 4.98 Å². The number of pyridine rings is 1. The summed E-state index contributed by atoms with van der Waals surface area (Å²) in [6.45, 7) is 2.11. The van der Waals surface area contributed by atoms with E-state index in [9.17, 15) is 0 Å². The molecule has 0 amide bonds. The standard InChI is InChI=1S/C9H13ClN2/c1-2-3-8(11)7-4-5-9(10)12-6-7/h4-6,8H,2-3,11H2,1H3. The number of halogens is 1. The normalized spacial score (nSPS) is 12.9. The van der Waals surface area contributed by atoms with Crippen molar-refractivity contribution < 1.29 is 0 Å². The fourth-order valence-corrected chi connectivity index (χ4v) is 1.20. The summed E-state index contributed by atoms with van der Waals surface area (Å²) in [5, 5.41) is 0.516. The van der Waals surface area contributed by atoms with Crippen LogP contribution in [0.2, 0.25) is 5.15 Å². The van der Waals surface area contributed by atoms with Crippen LogP contribution in [-0.4, -0.2) is 4.98 Å². The highest BCUT2D eigenvalue weighted by molar-refractivity contribution is 6.29. The van der Waals surface area contributed by atoms with Crippen molar-refractivity contribution in [2.45, 2.75) is 25.8 Å². The topological polar surface area (TPSA) is 38.9 Å². The minimum absolute atomic E-state index is 0.0970. The van der Waals surface area contributed by atoms with E-state index < -0.39 is 0 Å². The molecular weight excluding hydrogens is 172 g/mol. The number of aromatic nitrogens is 1. The molecule has 0 spiro atoms. The molecule has 0 aromatic carbocycles. The summed E-state index contributed by atoms with van der Waals surface area (Å²) in [5.74, 6) is 0. The van der Waals surface area contributed by atoms with E-state index in [4.69, 9.17) is 17.3 Å². The first-order valence-electron chi connectivity index (χ1n) is 4.11. The van der Waals surface area contributed by atoms with Crippen molar-refractivity contribution in [3.63, 3.8) is 0 Å². The van der Waals surface area contributed by atoms with Crippen LogP contribution in [0.1, 0.15) is 31.4 Å². The highest BCUT2D eigenvalue weighted by Crippen LogP contribution is 2.15. The van der Waals surface area contributed by atoms with Gasteiger partial charge in [0.25, 0.3) is 0 Å². The molecule has 3 heteroatoms. The van der Waals surface area contributed by atoms with E-state index >= 15 is 0 Å². The van der Waals surface area contributed by atoms with Crippen molar-refractivity contribution in [3.8, 4) is 0 Å². The Hall–Kier alpha value is -0.600. The Morgan fingerprint density at radius 3 is 2.83 bits per heavy atom. The molecule has 0 aliphatic heterocycles. The van der Waals surface area contributed by atoms with Crippen molar-refractivity contribution in [2.24, 2.45) is 5.73 Å². The molecule has 0 saturated heterocycles. The summed E-state index contributed by atoms with van der Waals surface area (Å²) in [7, 11) is 0. The van der Waals surface area contributed by atoms with Gasteiger partial charge < -0.3 is 5.73 Å². The second-order valence-electron chi connectivity index (χ2n) is 2.81. The van der Waals surface area contributed by atoms with Crippen LogP contribution in [0.4, 0.5) is 0 Å². The zero-order valence-corrected chi connectivity index (χ0v) is 7.88. The molecule has 12 heavy (non-hydrogen) atoms. The predicted octanol–water partition coefficient (Wildman–Crippen LogP) is 2.53. The molecule has 1 rings (SSSR count). The maximum Gasteiger partial charge on any atom is 0.129 e. The molecule has 1 atom stereocenters. The van der Waals surface area contributed by atoms with Crippen LogP contribution in [0, 0.1) is 0 Å². The van der Waals surface area contributed by atoms with Crippen LogP contribution in [0.3, 0.4) is 0 Å². The first-order valence-corrected chi connectivity index (χ1v) is 4.49. The van der Waals surface area contributed by atoms with Crippen LogP contribution in [0.15, 0.2) is 18.3 Å². The Kier molecular flexibility index (Phi) is 3.50. The number of nitrogens with zero attached hydrogens (tertiary/aromatic N) is 1. The molecule has 0 aliphatic rings. The quantitative estimate of drug-likeness (QED) is 0.734. The lowest BCUT2D eigenvalue weighted by Gasteiger charge is -2.09. The minimum Gasteiger partial charge on any atom is -0.324 e. The van der Waals surface area contributed by atoms with Gasteiger partial charge in [-0.05, 0) is 18.1 Å². The van der Waals surface area contributed by atoms with Crippen molar-refractivity contribution >= 4 is 11.6 Å². The molecule has 2 nitrogen and oxygen atoms in total. The van der Waals surface area contributed by atoms with Crippen LogP contribution in [-0.2, 0) is 0 Å². The van der Waals surface area contributed by atoms with E-state index in [0.29, 0.717) is 5.15 Å². The summed E-state index contributed by atoms with van der Waals surface area (Å²) >= 11 is 5.64. The summed E-state index contributed by atoms with van der Waals surface area (Å²) in [6.07, 6.45) is 3.82. The van der Waals surface area contributed by atoms with E-state index in [-0.39, 0.29) is 6.04 Å². The maximum absolute atomic E-state index is 5.87. The highest BCUT2D eigenvalue weighted by Gasteiger charge is 2.03. The van der Waals surface area contributed by atoms with Gasteiger partial charge in [0, 0.05) is 12.2 Å². The van der Waals surface area contributed by atoms with Crippen molar-refractivity contribution in [3.05, 3.63) is 29.0 Å². The third kappa shape index (κ3) is 2.47. The van der Waals surface area contributed by atoms with Gasteiger partial charge in [0.15, 0.2) is 0 Å². The zero-order chi connectivity index (χ0) is 8.97. The molecule has 0 radical (unpaired) electrons.